The van der Waals surface area contributed by atoms with Crippen molar-refractivity contribution in [2.24, 2.45) is 11.8 Å². The lowest BCUT2D eigenvalue weighted by molar-refractivity contribution is -0.143. The number of carbonyl (C=O) groups is 3. The van der Waals surface area contributed by atoms with Gasteiger partial charge in [0.05, 0.1) is 27.3 Å². The first kappa shape index (κ1) is 30.2. The molecule has 1 aromatic rings. The van der Waals surface area contributed by atoms with Crippen molar-refractivity contribution >= 4 is 62.7 Å². The molecule has 3 heterocycles. The van der Waals surface area contributed by atoms with Gasteiger partial charge < -0.3 is 19.8 Å². The van der Waals surface area contributed by atoms with Crippen molar-refractivity contribution < 1.29 is 19.5 Å². The Morgan fingerprint density at radius 1 is 1.18 bits per heavy atom. The monoisotopic (exact) mass is 637 g/mol. The van der Waals surface area contributed by atoms with Crippen molar-refractivity contribution in [1.29, 1.82) is 0 Å². The van der Waals surface area contributed by atoms with Gasteiger partial charge in [-0.1, -0.05) is 64.7 Å². The topological polar surface area (TPSA) is 81.2 Å². The van der Waals surface area contributed by atoms with Crippen LogP contribution < -0.4 is 4.90 Å². The number of aliphatic hydroxyl groups is 1. The molecule has 0 aliphatic carbocycles. The molecule has 1 aromatic carbocycles. The Hall–Kier alpha value is -1.81. The number of nitrogens with zero attached hydrogens (tertiary/aromatic N) is 3. The van der Waals surface area contributed by atoms with Crippen molar-refractivity contribution in [3.8, 4) is 0 Å². The van der Waals surface area contributed by atoms with Gasteiger partial charge in [0.15, 0.2) is 0 Å². The van der Waals surface area contributed by atoms with Crippen LogP contribution in [0.3, 0.4) is 0 Å². The van der Waals surface area contributed by atoms with Gasteiger partial charge in [-0.2, -0.15) is 0 Å². The van der Waals surface area contributed by atoms with Gasteiger partial charge >= 0.3 is 0 Å². The van der Waals surface area contributed by atoms with E-state index in [1.165, 1.54) is 0 Å². The summed E-state index contributed by atoms with van der Waals surface area (Å²) in [7, 11) is 1.74. The van der Waals surface area contributed by atoms with E-state index >= 15 is 0 Å². The van der Waals surface area contributed by atoms with Crippen LogP contribution in [0, 0.1) is 11.8 Å². The number of rotatable bonds is 13. The van der Waals surface area contributed by atoms with Gasteiger partial charge in [-0.05, 0) is 31.4 Å². The van der Waals surface area contributed by atoms with Gasteiger partial charge in [-0.3, -0.25) is 14.4 Å². The third-order valence-corrected chi connectivity index (χ3v) is 11.7. The minimum absolute atomic E-state index is 0.00519. The minimum atomic E-state index is -0.735. The maximum atomic E-state index is 14.6. The fourth-order valence-corrected chi connectivity index (χ4v) is 10.3. The van der Waals surface area contributed by atoms with Gasteiger partial charge in [0.2, 0.25) is 11.8 Å². The van der Waals surface area contributed by atoms with Gasteiger partial charge in [-0.15, -0.1) is 24.9 Å². The molecular weight excluding hydrogens is 602 g/mol. The molecule has 4 rings (SSSR count). The summed E-state index contributed by atoms with van der Waals surface area (Å²) in [5, 5.41) is 9.51. The van der Waals surface area contributed by atoms with Gasteiger partial charge in [0.25, 0.3) is 5.91 Å². The van der Waals surface area contributed by atoms with Crippen LogP contribution >= 0.6 is 39.3 Å². The zero-order valence-corrected chi connectivity index (χ0v) is 25.5. The van der Waals surface area contributed by atoms with Crippen molar-refractivity contribution in [2.75, 3.05) is 38.2 Å². The number of para-hydroxylation sites is 1. The summed E-state index contributed by atoms with van der Waals surface area (Å²) in [5.41, 5.74) is 0.575. The number of unbranched alkanes of at least 4 members (excludes halogenated alkanes) is 3. The maximum Gasteiger partial charge on any atom is 0.251 e. The quantitative estimate of drug-likeness (QED) is 0.195. The Morgan fingerprint density at radius 2 is 1.87 bits per heavy atom. The molecule has 3 saturated heterocycles. The Kier molecular flexibility index (Phi) is 9.89. The molecule has 39 heavy (non-hydrogen) atoms. The van der Waals surface area contributed by atoms with E-state index in [2.05, 4.69) is 29.1 Å². The van der Waals surface area contributed by atoms with Gasteiger partial charge in [0, 0.05) is 43.4 Å². The summed E-state index contributed by atoms with van der Waals surface area (Å²) in [6, 6.07) is 6.46. The highest BCUT2D eigenvalue weighted by Crippen LogP contribution is 2.68. The number of hydrogen-bond acceptors (Lipinski definition) is 5. The molecule has 3 aliphatic rings. The fourth-order valence-electron chi connectivity index (χ4n) is 6.47. The molecule has 0 saturated carbocycles. The largest absolute Gasteiger partial charge is 0.396 e. The lowest BCUT2D eigenvalue weighted by Gasteiger charge is -2.38. The van der Waals surface area contributed by atoms with E-state index in [1.54, 1.807) is 57.8 Å². The third kappa shape index (κ3) is 5.44. The number of amides is 3. The normalized spacial score (nSPS) is 28.9. The third-order valence-electron chi connectivity index (χ3n) is 8.12. The van der Waals surface area contributed by atoms with E-state index in [0.29, 0.717) is 43.1 Å². The molecule has 7 nitrogen and oxygen atoms in total. The zero-order valence-electron chi connectivity index (χ0n) is 22.3. The standard InChI is InChI=1S/C29H37BrClN3O4S/c1-4-14-32(3)26(36)22-23-27(37)34(16-10-6-7-11-17-35)25(29(23)18-19(30)24(22)39-29)28(38)33(15-5-2)21-13-9-8-12-20(21)31/h4-5,8-9,12-13,19,22-25,35H,1-2,6-7,10-11,14-18H2,3H3/t19?,22-,23+,24-,25?,29?/m1/s1. The summed E-state index contributed by atoms with van der Waals surface area (Å²) in [6.07, 6.45) is 7.07. The van der Waals surface area contributed by atoms with Crippen LogP contribution in [-0.2, 0) is 14.4 Å². The SMILES string of the molecule is C=CCN(C)C(=O)[C@H]1[C@@H]2SC3(CC2Br)C(C(=O)N(CC=C)c2ccccc2Cl)N(CCCCCCO)C(=O)[C@H]13. The average molecular weight is 639 g/mol. The molecule has 2 bridgehead atoms. The van der Waals surface area contributed by atoms with Crippen LogP contribution in [0.4, 0.5) is 5.69 Å². The summed E-state index contributed by atoms with van der Waals surface area (Å²) in [6.45, 7) is 8.82. The Morgan fingerprint density at radius 3 is 2.54 bits per heavy atom. The summed E-state index contributed by atoms with van der Waals surface area (Å²) < 4.78 is -0.728. The number of thioether (sulfide) groups is 1. The van der Waals surface area contributed by atoms with Crippen LogP contribution in [0.2, 0.25) is 5.02 Å². The Bertz CT molecular complexity index is 1120. The van der Waals surface area contributed by atoms with E-state index in [0.717, 1.165) is 12.8 Å². The van der Waals surface area contributed by atoms with E-state index in [1.807, 2.05) is 12.1 Å². The molecule has 3 fully saturated rings. The van der Waals surface area contributed by atoms with Crippen molar-refractivity contribution in [3.63, 3.8) is 0 Å². The van der Waals surface area contributed by atoms with Crippen LogP contribution in [0.25, 0.3) is 0 Å². The predicted molar refractivity (Wildman–Crippen MR) is 161 cm³/mol. The molecule has 0 radical (unpaired) electrons. The lowest BCUT2D eigenvalue weighted by Crippen LogP contribution is -2.56. The fraction of sp³-hybridized carbons (Fsp3) is 0.552. The van der Waals surface area contributed by atoms with E-state index in [4.69, 9.17) is 16.7 Å². The number of benzene rings is 1. The molecule has 10 heteroatoms. The molecule has 6 atom stereocenters. The second kappa shape index (κ2) is 12.8. The second-order valence-corrected chi connectivity index (χ2v) is 13.7. The number of likely N-dealkylation sites (N-methyl/N-ethyl adjacent to an activating group) is 1. The van der Waals surface area contributed by atoms with Crippen LogP contribution in [0.5, 0.6) is 0 Å². The van der Waals surface area contributed by atoms with E-state index < -0.39 is 22.6 Å². The predicted octanol–water partition coefficient (Wildman–Crippen LogP) is 4.52. The number of aliphatic hydroxyl groups excluding tert-OH is 1. The molecule has 3 amide bonds. The zero-order chi connectivity index (χ0) is 28.3. The highest BCUT2D eigenvalue weighted by Gasteiger charge is 2.76. The first-order valence-electron chi connectivity index (χ1n) is 13.5. The number of carbonyl (C=O) groups excluding carboxylic acids is 3. The smallest absolute Gasteiger partial charge is 0.251 e. The molecule has 3 unspecified atom stereocenters. The van der Waals surface area contributed by atoms with E-state index in [-0.39, 0.29) is 41.0 Å². The number of fused-ring (bicyclic) bond motifs is 1. The van der Waals surface area contributed by atoms with Crippen molar-refractivity contribution in [3.05, 3.63) is 54.6 Å². The Balaban J connectivity index is 1.75. The summed E-state index contributed by atoms with van der Waals surface area (Å²) >= 11 is 12.0. The summed E-state index contributed by atoms with van der Waals surface area (Å²) in [4.78, 5) is 47.5. The maximum absolute atomic E-state index is 14.6. The highest BCUT2D eigenvalue weighted by atomic mass is 79.9. The second-order valence-electron chi connectivity index (χ2n) is 10.5. The number of alkyl halides is 1. The highest BCUT2D eigenvalue weighted by molar-refractivity contribution is 9.09. The Labute approximate surface area is 248 Å². The lowest BCUT2D eigenvalue weighted by atomic mass is 9.70. The van der Waals surface area contributed by atoms with Crippen molar-refractivity contribution in [2.45, 2.75) is 53.0 Å². The molecule has 212 valence electrons. The molecule has 3 aliphatic heterocycles. The molecule has 0 aromatic heterocycles. The van der Waals surface area contributed by atoms with Gasteiger partial charge in [0.1, 0.15) is 6.04 Å². The van der Waals surface area contributed by atoms with Crippen LogP contribution in [0.15, 0.2) is 49.6 Å². The molecule has 1 spiro atoms. The van der Waals surface area contributed by atoms with Crippen LogP contribution in [-0.4, -0.2) is 86.8 Å². The average Bonchev–Trinajstić information content (AvgIpc) is 3.50. The molecule has 1 N–H and O–H groups in total. The summed E-state index contributed by atoms with van der Waals surface area (Å²) in [5.74, 6) is -1.50. The molecular formula is C29H37BrClN3O4S. The first-order valence-corrected chi connectivity index (χ1v) is 15.7. The van der Waals surface area contributed by atoms with Gasteiger partial charge in [-0.25, -0.2) is 0 Å². The first-order chi connectivity index (χ1) is 18.7. The number of anilines is 1. The van der Waals surface area contributed by atoms with Crippen molar-refractivity contribution in [1.82, 2.24) is 9.80 Å². The minimum Gasteiger partial charge on any atom is -0.396 e. The van der Waals surface area contributed by atoms with Crippen LogP contribution in [0.1, 0.15) is 32.1 Å². The number of hydrogen-bond donors (Lipinski definition) is 1. The number of halogens is 2. The number of likely N-dealkylation sites (tertiary alicyclic amines) is 1. The van der Waals surface area contributed by atoms with E-state index in [9.17, 15) is 14.4 Å².